The molecule has 0 N–H and O–H groups in total. The molecular formula is C46H31NO. The predicted octanol–water partition coefficient (Wildman–Crippen LogP) is 13.2. The Hall–Kier alpha value is -6.38. The van der Waals surface area contributed by atoms with Gasteiger partial charge in [-0.25, -0.2) is 0 Å². The maximum Gasteiger partial charge on any atom is 0.159 e. The molecule has 48 heavy (non-hydrogen) atoms. The van der Waals surface area contributed by atoms with Gasteiger partial charge in [0.15, 0.2) is 5.58 Å². The van der Waals surface area contributed by atoms with Crippen LogP contribution in [0.25, 0.3) is 66.1 Å². The van der Waals surface area contributed by atoms with E-state index < -0.39 is 0 Å². The zero-order chi connectivity index (χ0) is 31.9. The summed E-state index contributed by atoms with van der Waals surface area (Å²) in [6.07, 6.45) is 0. The number of hydrogen-bond donors (Lipinski definition) is 0. The van der Waals surface area contributed by atoms with Crippen molar-refractivity contribution in [3.05, 3.63) is 188 Å². The summed E-state index contributed by atoms with van der Waals surface area (Å²) in [7, 11) is 0. The summed E-state index contributed by atoms with van der Waals surface area (Å²) in [6.45, 7) is 0. The quantitative estimate of drug-likeness (QED) is 0.185. The van der Waals surface area contributed by atoms with Crippen molar-refractivity contribution >= 4 is 49.8 Å². The maximum absolute atomic E-state index is 7.05. The Balaban J connectivity index is 1.27. The lowest BCUT2D eigenvalue weighted by Gasteiger charge is -2.26. The van der Waals surface area contributed by atoms with Crippen LogP contribution in [0.15, 0.2) is 192 Å². The summed E-state index contributed by atoms with van der Waals surface area (Å²) in [5.41, 5.74) is 11.9. The standard InChI is InChI=1S/C46H31NO/c1-4-13-32(14-5-1)34-23-27-38(28-24-34)47(39-29-25-35(26-30-39)33-15-6-2-7-16-33)43-22-12-21-41-42-31-37-19-10-11-20-40(37)44(46(42)48-45(41)43)36-17-8-3-9-18-36/h1-31H. The van der Waals surface area contributed by atoms with Crippen molar-refractivity contribution in [1.82, 2.24) is 0 Å². The predicted molar refractivity (Wildman–Crippen MR) is 202 cm³/mol. The fraction of sp³-hybridized carbons (Fsp3) is 0. The van der Waals surface area contributed by atoms with Gasteiger partial charge in [-0.1, -0.05) is 152 Å². The highest BCUT2D eigenvalue weighted by atomic mass is 16.3. The monoisotopic (exact) mass is 613 g/mol. The van der Waals surface area contributed by atoms with Gasteiger partial charge in [0.05, 0.1) is 5.69 Å². The van der Waals surface area contributed by atoms with Crippen LogP contribution in [0.1, 0.15) is 0 Å². The summed E-state index contributed by atoms with van der Waals surface area (Å²) in [5, 5.41) is 4.59. The molecule has 0 unspecified atom stereocenters. The van der Waals surface area contributed by atoms with Gasteiger partial charge < -0.3 is 9.32 Å². The lowest BCUT2D eigenvalue weighted by molar-refractivity contribution is 0.670. The van der Waals surface area contributed by atoms with E-state index in [0.29, 0.717) is 0 Å². The van der Waals surface area contributed by atoms with E-state index in [9.17, 15) is 0 Å². The first kappa shape index (κ1) is 27.9. The number of para-hydroxylation sites is 1. The van der Waals surface area contributed by atoms with Gasteiger partial charge in [0.25, 0.3) is 0 Å². The Labute approximate surface area is 279 Å². The average molecular weight is 614 g/mol. The van der Waals surface area contributed by atoms with Crippen LogP contribution in [-0.2, 0) is 0 Å². The lowest BCUT2D eigenvalue weighted by atomic mass is 9.95. The molecule has 1 aromatic heterocycles. The summed E-state index contributed by atoms with van der Waals surface area (Å²) in [5.74, 6) is 0. The van der Waals surface area contributed by atoms with E-state index in [4.69, 9.17) is 4.42 Å². The van der Waals surface area contributed by atoms with E-state index in [2.05, 4.69) is 193 Å². The Morgan fingerprint density at radius 3 is 1.40 bits per heavy atom. The fourth-order valence-corrected chi connectivity index (χ4v) is 6.94. The largest absolute Gasteiger partial charge is 0.453 e. The Morgan fingerprint density at radius 1 is 0.333 bits per heavy atom. The van der Waals surface area contributed by atoms with Crippen molar-refractivity contribution in [1.29, 1.82) is 0 Å². The molecule has 0 aliphatic rings. The molecule has 2 heteroatoms. The Morgan fingerprint density at radius 2 is 0.812 bits per heavy atom. The first-order chi connectivity index (χ1) is 23.8. The third kappa shape index (κ3) is 4.83. The van der Waals surface area contributed by atoms with E-state index in [-0.39, 0.29) is 0 Å². The zero-order valence-corrected chi connectivity index (χ0v) is 26.3. The van der Waals surface area contributed by atoms with Gasteiger partial charge in [-0.15, -0.1) is 0 Å². The third-order valence-electron chi connectivity index (χ3n) is 9.26. The second-order valence-electron chi connectivity index (χ2n) is 12.1. The van der Waals surface area contributed by atoms with Crippen molar-refractivity contribution in [2.45, 2.75) is 0 Å². The number of rotatable bonds is 6. The molecule has 0 radical (unpaired) electrons. The molecule has 9 rings (SSSR count). The summed E-state index contributed by atoms with van der Waals surface area (Å²) >= 11 is 0. The second-order valence-corrected chi connectivity index (χ2v) is 12.1. The Bertz CT molecular complexity index is 2430. The molecule has 226 valence electrons. The van der Waals surface area contributed by atoms with E-state index >= 15 is 0 Å². The molecule has 8 aromatic carbocycles. The van der Waals surface area contributed by atoms with Crippen molar-refractivity contribution in [2.24, 2.45) is 0 Å². The van der Waals surface area contributed by atoms with Crippen LogP contribution in [0.4, 0.5) is 17.1 Å². The minimum absolute atomic E-state index is 0.860. The molecule has 0 aliphatic heterocycles. The van der Waals surface area contributed by atoms with Crippen molar-refractivity contribution in [2.75, 3.05) is 4.90 Å². The molecule has 0 amide bonds. The summed E-state index contributed by atoms with van der Waals surface area (Å²) in [4.78, 5) is 2.32. The topological polar surface area (TPSA) is 16.4 Å². The number of benzene rings is 8. The number of anilines is 3. The van der Waals surface area contributed by atoms with Gasteiger partial charge in [0, 0.05) is 27.7 Å². The molecule has 0 atom stereocenters. The number of nitrogens with zero attached hydrogens (tertiary/aromatic N) is 1. The van der Waals surface area contributed by atoms with Crippen molar-refractivity contribution in [3.63, 3.8) is 0 Å². The zero-order valence-electron chi connectivity index (χ0n) is 26.3. The van der Waals surface area contributed by atoms with Crippen LogP contribution in [0.5, 0.6) is 0 Å². The molecule has 2 nitrogen and oxygen atoms in total. The molecule has 0 aliphatic carbocycles. The van der Waals surface area contributed by atoms with Crippen LogP contribution in [0.3, 0.4) is 0 Å². The molecule has 0 fully saturated rings. The maximum atomic E-state index is 7.05. The second kappa shape index (κ2) is 11.8. The lowest BCUT2D eigenvalue weighted by Crippen LogP contribution is -2.10. The van der Waals surface area contributed by atoms with Gasteiger partial charge in [-0.05, 0) is 75.0 Å². The van der Waals surface area contributed by atoms with E-state index in [1.165, 1.54) is 33.0 Å². The van der Waals surface area contributed by atoms with Crippen LogP contribution >= 0.6 is 0 Å². The van der Waals surface area contributed by atoms with Gasteiger partial charge in [-0.3, -0.25) is 0 Å². The molecule has 1 heterocycles. The van der Waals surface area contributed by atoms with Gasteiger partial charge in [-0.2, -0.15) is 0 Å². The SMILES string of the molecule is c1ccc(-c2ccc(N(c3ccc(-c4ccccc4)cc3)c3cccc4c3oc3c(-c5ccccc5)c5ccccc5cc34)cc2)cc1. The van der Waals surface area contributed by atoms with Crippen LogP contribution in [0, 0.1) is 0 Å². The number of furan rings is 1. The molecule has 0 saturated carbocycles. The van der Waals surface area contributed by atoms with E-state index in [1.54, 1.807) is 0 Å². The van der Waals surface area contributed by atoms with Gasteiger partial charge in [0.1, 0.15) is 5.58 Å². The highest BCUT2D eigenvalue weighted by molar-refractivity contribution is 6.20. The van der Waals surface area contributed by atoms with Crippen molar-refractivity contribution in [3.8, 4) is 33.4 Å². The number of hydrogen-bond acceptors (Lipinski definition) is 2. The average Bonchev–Trinajstić information content (AvgIpc) is 3.54. The smallest absolute Gasteiger partial charge is 0.159 e. The molecule has 0 saturated heterocycles. The Kier molecular flexibility index (Phi) is 6.84. The van der Waals surface area contributed by atoms with E-state index in [0.717, 1.165) is 50.1 Å². The summed E-state index contributed by atoms with van der Waals surface area (Å²) < 4.78 is 7.05. The van der Waals surface area contributed by atoms with Gasteiger partial charge in [0.2, 0.25) is 0 Å². The first-order valence-electron chi connectivity index (χ1n) is 16.4. The molecular weight excluding hydrogens is 583 g/mol. The first-order valence-corrected chi connectivity index (χ1v) is 16.4. The van der Waals surface area contributed by atoms with Gasteiger partial charge >= 0.3 is 0 Å². The van der Waals surface area contributed by atoms with E-state index in [1.807, 2.05) is 0 Å². The number of fused-ring (bicyclic) bond motifs is 4. The molecule has 9 aromatic rings. The molecule has 0 spiro atoms. The summed E-state index contributed by atoms with van der Waals surface area (Å²) in [6, 6.07) is 66.7. The van der Waals surface area contributed by atoms with Crippen molar-refractivity contribution < 1.29 is 4.42 Å². The minimum Gasteiger partial charge on any atom is -0.453 e. The van der Waals surface area contributed by atoms with Crippen LogP contribution in [0.2, 0.25) is 0 Å². The van der Waals surface area contributed by atoms with Crippen LogP contribution < -0.4 is 4.90 Å². The third-order valence-corrected chi connectivity index (χ3v) is 9.26. The minimum atomic E-state index is 0.860. The normalized spacial score (nSPS) is 11.3. The van der Waals surface area contributed by atoms with Crippen LogP contribution in [-0.4, -0.2) is 0 Å². The highest BCUT2D eigenvalue weighted by Gasteiger charge is 2.22. The fourth-order valence-electron chi connectivity index (χ4n) is 6.94. The molecule has 0 bridgehead atoms. The highest BCUT2D eigenvalue weighted by Crippen LogP contribution is 2.46.